The molecule has 1 amide bonds. The summed E-state index contributed by atoms with van der Waals surface area (Å²) in [5.41, 5.74) is 1.71. The number of aromatic nitrogens is 2. The van der Waals surface area contributed by atoms with E-state index in [1.165, 1.54) is 0 Å². The van der Waals surface area contributed by atoms with Crippen LogP contribution < -0.4 is 0 Å². The summed E-state index contributed by atoms with van der Waals surface area (Å²) in [6.45, 7) is 10.5. The standard InChI is InChI=1S/C16H25N3O3/c1-15(2,3)22-14(20)18-7-5-6-13-12(8-18)9-19(17-13)16(4)10-21-11-16/h9H,5-8,10-11H2,1-4H3. The van der Waals surface area contributed by atoms with Crippen LogP contribution in [0.4, 0.5) is 4.79 Å². The van der Waals surface area contributed by atoms with Crippen molar-refractivity contribution in [3.8, 4) is 0 Å². The van der Waals surface area contributed by atoms with Crippen LogP contribution in [0.15, 0.2) is 6.20 Å². The fourth-order valence-electron chi connectivity index (χ4n) is 2.80. The van der Waals surface area contributed by atoms with Gasteiger partial charge in [-0.1, -0.05) is 0 Å². The molecule has 6 heteroatoms. The highest BCUT2D eigenvalue weighted by Crippen LogP contribution is 2.28. The van der Waals surface area contributed by atoms with Crippen LogP contribution in [0.1, 0.15) is 45.4 Å². The lowest BCUT2D eigenvalue weighted by Crippen LogP contribution is -2.49. The van der Waals surface area contributed by atoms with Crippen molar-refractivity contribution < 1.29 is 14.3 Å². The SMILES string of the molecule is CC(C)(C)OC(=O)N1CCCc2nn(C3(C)COC3)cc2C1. The third-order valence-electron chi connectivity index (χ3n) is 4.11. The molecule has 1 aromatic rings. The van der Waals surface area contributed by atoms with Gasteiger partial charge in [0.2, 0.25) is 0 Å². The topological polar surface area (TPSA) is 56.6 Å². The van der Waals surface area contributed by atoms with E-state index >= 15 is 0 Å². The zero-order chi connectivity index (χ0) is 16.0. The monoisotopic (exact) mass is 307 g/mol. The maximum absolute atomic E-state index is 12.3. The lowest BCUT2D eigenvalue weighted by molar-refractivity contribution is -0.0960. The lowest BCUT2D eigenvalue weighted by atomic mass is 10.0. The first-order valence-electron chi connectivity index (χ1n) is 7.90. The molecule has 0 N–H and O–H groups in total. The van der Waals surface area contributed by atoms with Crippen LogP contribution in [0.5, 0.6) is 0 Å². The predicted octanol–water partition coefficient (Wildman–Crippen LogP) is 2.31. The van der Waals surface area contributed by atoms with E-state index in [4.69, 9.17) is 14.6 Å². The van der Waals surface area contributed by atoms with Crippen molar-refractivity contribution in [3.63, 3.8) is 0 Å². The molecule has 0 aromatic carbocycles. The Labute approximate surface area is 131 Å². The van der Waals surface area contributed by atoms with Crippen molar-refractivity contribution in [2.45, 2.75) is 58.2 Å². The fourth-order valence-corrected chi connectivity index (χ4v) is 2.80. The third kappa shape index (κ3) is 2.97. The average molecular weight is 307 g/mol. The zero-order valence-electron chi connectivity index (χ0n) is 13.9. The Hall–Kier alpha value is -1.56. The van der Waals surface area contributed by atoms with Crippen molar-refractivity contribution in [3.05, 3.63) is 17.5 Å². The first kappa shape index (κ1) is 15.3. The second-order valence-electron chi connectivity index (χ2n) is 7.54. The van der Waals surface area contributed by atoms with E-state index in [9.17, 15) is 4.79 Å². The molecule has 1 aromatic heterocycles. The van der Waals surface area contributed by atoms with Crippen LogP contribution in [-0.2, 0) is 28.0 Å². The summed E-state index contributed by atoms with van der Waals surface area (Å²) in [6, 6.07) is 0. The zero-order valence-corrected chi connectivity index (χ0v) is 13.9. The van der Waals surface area contributed by atoms with Gasteiger partial charge < -0.3 is 14.4 Å². The summed E-state index contributed by atoms with van der Waals surface area (Å²) in [6.07, 6.45) is 3.64. The van der Waals surface area contributed by atoms with Crippen LogP contribution >= 0.6 is 0 Å². The molecule has 0 radical (unpaired) electrons. The Morgan fingerprint density at radius 3 is 2.73 bits per heavy atom. The molecule has 0 spiro atoms. The van der Waals surface area contributed by atoms with Gasteiger partial charge >= 0.3 is 6.09 Å². The largest absolute Gasteiger partial charge is 0.444 e. The second-order valence-corrected chi connectivity index (χ2v) is 7.54. The summed E-state index contributed by atoms with van der Waals surface area (Å²) in [5, 5.41) is 4.73. The number of hydrogen-bond donors (Lipinski definition) is 0. The van der Waals surface area contributed by atoms with E-state index < -0.39 is 5.60 Å². The van der Waals surface area contributed by atoms with Crippen molar-refractivity contribution in [1.82, 2.24) is 14.7 Å². The molecule has 22 heavy (non-hydrogen) atoms. The Balaban J connectivity index is 1.76. The summed E-state index contributed by atoms with van der Waals surface area (Å²) in [4.78, 5) is 14.1. The van der Waals surface area contributed by atoms with E-state index in [-0.39, 0.29) is 11.6 Å². The van der Waals surface area contributed by atoms with Gasteiger partial charge in [-0.3, -0.25) is 4.68 Å². The van der Waals surface area contributed by atoms with E-state index in [0.29, 0.717) is 26.3 Å². The van der Waals surface area contributed by atoms with E-state index in [2.05, 4.69) is 13.1 Å². The van der Waals surface area contributed by atoms with Gasteiger partial charge in [0, 0.05) is 18.3 Å². The molecule has 6 nitrogen and oxygen atoms in total. The third-order valence-corrected chi connectivity index (χ3v) is 4.11. The maximum atomic E-state index is 12.3. The molecule has 122 valence electrons. The highest BCUT2D eigenvalue weighted by Gasteiger charge is 2.37. The highest BCUT2D eigenvalue weighted by atomic mass is 16.6. The van der Waals surface area contributed by atoms with Crippen molar-refractivity contribution in [2.24, 2.45) is 0 Å². The maximum Gasteiger partial charge on any atom is 0.410 e. The normalized spacial score (nSPS) is 20.8. The summed E-state index contributed by atoms with van der Waals surface area (Å²) in [7, 11) is 0. The second kappa shape index (κ2) is 5.26. The molecular formula is C16H25N3O3. The number of fused-ring (bicyclic) bond motifs is 1. The smallest absolute Gasteiger partial charge is 0.410 e. The molecule has 3 heterocycles. The minimum Gasteiger partial charge on any atom is -0.444 e. The number of rotatable bonds is 1. The molecule has 0 saturated carbocycles. The molecule has 0 aliphatic carbocycles. The molecule has 1 saturated heterocycles. The molecule has 0 atom stereocenters. The lowest BCUT2D eigenvalue weighted by Gasteiger charge is -2.38. The summed E-state index contributed by atoms with van der Waals surface area (Å²) in [5.74, 6) is 0. The fraction of sp³-hybridized carbons (Fsp3) is 0.750. The molecule has 2 aliphatic rings. The molecular weight excluding hydrogens is 282 g/mol. The average Bonchev–Trinajstić information content (AvgIpc) is 2.66. The Bertz CT molecular complexity index is 570. The van der Waals surface area contributed by atoms with Crippen LogP contribution in [-0.4, -0.2) is 46.1 Å². The van der Waals surface area contributed by atoms with Gasteiger partial charge in [0.05, 0.1) is 25.5 Å². The molecule has 1 fully saturated rings. The van der Waals surface area contributed by atoms with Crippen LogP contribution in [0, 0.1) is 0 Å². The van der Waals surface area contributed by atoms with Crippen LogP contribution in [0.3, 0.4) is 0 Å². The van der Waals surface area contributed by atoms with Crippen molar-refractivity contribution in [1.29, 1.82) is 0 Å². The van der Waals surface area contributed by atoms with Gasteiger partial charge in [0.15, 0.2) is 0 Å². The number of hydrogen-bond acceptors (Lipinski definition) is 4. The van der Waals surface area contributed by atoms with E-state index in [1.807, 2.05) is 25.5 Å². The van der Waals surface area contributed by atoms with Gasteiger partial charge in [0.1, 0.15) is 11.1 Å². The molecule has 3 rings (SSSR count). The summed E-state index contributed by atoms with van der Waals surface area (Å²) >= 11 is 0. The van der Waals surface area contributed by atoms with Gasteiger partial charge in [-0.2, -0.15) is 5.10 Å². The predicted molar refractivity (Wildman–Crippen MR) is 81.7 cm³/mol. The van der Waals surface area contributed by atoms with Gasteiger partial charge in [-0.05, 0) is 40.5 Å². The molecule has 2 aliphatic heterocycles. The van der Waals surface area contributed by atoms with Gasteiger partial charge in [-0.15, -0.1) is 0 Å². The minimum atomic E-state index is -0.465. The quantitative estimate of drug-likeness (QED) is 0.799. The summed E-state index contributed by atoms with van der Waals surface area (Å²) < 4.78 is 12.8. The van der Waals surface area contributed by atoms with Crippen molar-refractivity contribution in [2.75, 3.05) is 19.8 Å². The number of ether oxygens (including phenoxy) is 2. The molecule has 0 unspecified atom stereocenters. The number of carbonyl (C=O) groups excluding carboxylic acids is 1. The number of amides is 1. The molecule has 0 bridgehead atoms. The van der Waals surface area contributed by atoms with Crippen LogP contribution in [0.25, 0.3) is 0 Å². The number of carbonyl (C=O) groups is 1. The van der Waals surface area contributed by atoms with E-state index in [1.54, 1.807) is 4.90 Å². The van der Waals surface area contributed by atoms with Gasteiger partial charge in [-0.25, -0.2) is 4.79 Å². The first-order valence-corrected chi connectivity index (χ1v) is 7.90. The van der Waals surface area contributed by atoms with E-state index in [0.717, 1.165) is 24.1 Å². The first-order chi connectivity index (χ1) is 10.3. The highest BCUT2D eigenvalue weighted by molar-refractivity contribution is 5.68. The minimum absolute atomic E-state index is 0.0387. The number of aryl methyl sites for hydroxylation is 1. The Morgan fingerprint density at radius 1 is 1.41 bits per heavy atom. The Kier molecular flexibility index (Phi) is 3.67. The van der Waals surface area contributed by atoms with Gasteiger partial charge in [0.25, 0.3) is 0 Å². The van der Waals surface area contributed by atoms with Crippen LogP contribution in [0.2, 0.25) is 0 Å². The Morgan fingerprint density at radius 2 is 2.14 bits per heavy atom. The number of nitrogens with zero attached hydrogens (tertiary/aromatic N) is 3. The van der Waals surface area contributed by atoms with Crippen molar-refractivity contribution >= 4 is 6.09 Å².